The fourth-order valence-corrected chi connectivity index (χ4v) is 2.99. The molecule has 1 aromatic carbocycles. The molecule has 4 nitrogen and oxygen atoms in total. The molecule has 0 saturated carbocycles. The Bertz CT molecular complexity index is 422. The van der Waals surface area contributed by atoms with Crippen molar-refractivity contribution < 1.29 is 9.53 Å². The Morgan fingerprint density at radius 2 is 2.19 bits per heavy atom. The van der Waals surface area contributed by atoms with Gasteiger partial charge >= 0.3 is 0 Å². The van der Waals surface area contributed by atoms with Gasteiger partial charge in [0.05, 0.1) is 6.61 Å². The van der Waals surface area contributed by atoms with E-state index in [0.29, 0.717) is 12.5 Å². The summed E-state index contributed by atoms with van der Waals surface area (Å²) in [4.78, 5) is 11.9. The van der Waals surface area contributed by atoms with E-state index in [-0.39, 0.29) is 18.3 Å². The highest BCUT2D eigenvalue weighted by atomic mass is 35.5. The van der Waals surface area contributed by atoms with Crippen LogP contribution in [0, 0.1) is 0 Å². The molecule has 1 aliphatic heterocycles. The summed E-state index contributed by atoms with van der Waals surface area (Å²) in [6.45, 7) is 3.79. The van der Waals surface area contributed by atoms with Crippen molar-refractivity contribution in [2.24, 2.45) is 0 Å². The molecule has 1 fully saturated rings. The van der Waals surface area contributed by atoms with Crippen LogP contribution in [0.5, 0.6) is 5.75 Å². The summed E-state index contributed by atoms with van der Waals surface area (Å²) in [6.07, 6.45) is 1.52. The number of carbonyl (C=O) groups excluding carboxylic acids is 1. The Balaban J connectivity index is 0.00000220. The number of benzene rings is 1. The molecule has 0 aliphatic carbocycles. The maximum atomic E-state index is 11.9. The highest BCUT2D eigenvalue weighted by molar-refractivity contribution is 7.99. The van der Waals surface area contributed by atoms with Crippen molar-refractivity contribution in [1.82, 2.24) is 5.32 Å². The third-order valence-corrected chi connectivity index (χ3v) is 4.17. The van der Waals surface area contributed by atoms with E-state index < -0.39 is 0 Å². The Morgan fingerprint density at radius 1 is 1.43 bits per heavy atom. The van der Waals surface area contributed by atoms with E-state index in [4.69, 9.17) is 4.74 Å². The minimum Gasteiger partial charge on any atom is -0.494 e. The summed E-state index contributed by atoms with van der Waals surface area (Å²) >= 11 is 1.90. The molecule has 1 heterocycles. The second-order valence-corrected chi connectivity index (χ2v) is 6.00. The first-order chi connectivity index (χ1) is 9.78. The number of hydrogen-bond donors (Lipinski definition) is 2. The lowest BCUT2D eigenvalue weighted by Crippen LogP contribution is -2.39. The van der Waals surface area contributed by atoms with Gasteiger partial charge in [-0.2, -0.15) is 11.8 Å². The number of rotatable bonds is 6. The minimum atomic E-state index is 0. The monoisotopic (exact) mass is 330 g/mol. The average molecular weight is 331 g/mol. The van der Waals surface area contributed by atoms with E-state index in [2.05, 4.69) is 17.6 Å². The van der Waals surface area contributed by atoms with Crippen LogP contribution in [0.15, 0.2) is 24.3 Å². The van der Waals surface area contributed by atoms with Crippen molar-refractivity contribution in [3.8, 4) is 5.75 Å². The molecule has 2 rings (SSSR count). The minimum absolute atomic E-state index is 0. The third kappa shape index (κ3) is 6.59. The van der Waals surface area contributed by atoms with Gasteiger partial charge in [-0.3, -0.25) is 4.79 Å². The predicted molar refractivity (Wildman–Crippen MR) is 91.8 cm³/mol. The molecule has 1 aromatic rings. The normalized spacial score (nSPS) is 17.7. The molecule has 6 heteroatoms. The summed E-state index contributed by atoms with van der Waals surface area (Å²) in [7, 11) is 0. The number of nitrogens with one attached hydrogen (secondary N) is 2. The topological polar surface area (TPSA) is 50.4 Å². The maximum Gasteiger partial charge on any atom is 0.225 e. The Morgan fingerprint density at radius 3 is 2.81 bits per heavy atom. The van der Waals surface area contributed by atoms with E-state index in [1.54, 1.807) is 0 Å². The van der Waals surface area contributed by atoms with E-state index >= 15 is 0 Å². The van der Waals surface area contributed by atoms with Crippen molar-refractivity contribution in [3.63, 3.8) is 0 Å². The fraction of sp³-hybridized carbons (Fsp3) is 0.533. The second-order valence-electron chi connectivity index (χ2n) is 4.85. The number of thioether (sulfide) groups is 1. The van der Waals surface area contributed by atoms with Gasteiger partial charge < -0.3 is 15.4 Å². The van der Waals surface area contributed by atoms with Gasteiger partial charge in [0.25, 0.3) is 0 Å². The Kier molecular flexibility index (Phi) is 8.57. The number of halogens is 1. The molecule has 1 aliphatic rings. The molecular formula is C15H23ClN2O2S. The molecule has 1 atom stereocenters. The molecular weight excluding hydrogens is 308 g/mol. The fourth-order valence-electron chi connectivity index (χ4n) is 2.04. The zero-order valence-electron chi connectivity index (χ0n) is 12.3. The summed E-state index contributed by atoms with van der Waals surface area (Å²) in [6, 6.07) is 7.83. The number of ether oxygens (including phenoxy) is 1. The molecule has 1 saturated heterocycles. The number of hydrogen-bond acceptors (Lipinski definition) is 4. The summed E-state index contributed by atoms with van der Waals surface area (Å²) in [5.41, 5.74) is 0.822. The van der Waals surface area contributed by atoms with Crippen LogP contribution in [0.25, 0.3) is 0 Å². The highest BCUT2D eigenvalue weighted by Gasteiger charge is 2.16. The zero-order valence-corrected chi connectivity index (χ0v) is 13.9. The highest BCUT2D eigenvalue weighted by Crippen LogP contribution is 2.17. The molecule has 21 heavy (non-hydrogen) atoms. The van der Waals surface area contributed by atoms with Crippen molar-refractivity contribution in [3.05, 3.63) is 24.3 Å². The lowest BCUT2D eigenvalue weighted by Gasteiger charge is -2.22. The number of carbonyl (C=O) groups is 1. The first kappa shape index (κ1) is 18.1. The summed E-state index contributed by atoms with van der Waals surface area (Å²) in [5, 5.41) is 6.30. The molecule has 2 N–H and O–H groups in total. The van der Waals surface area contributed by atoms with Crippen LogP contribution in [0.2, 0.25) is 0 Å². The van der Waals surface area contributed by atoms with Gasteiger partial charge in [0, 0.05) is 36.2 Å². The maximum absolute atomic E-state index is 11.9. The van der Waals surface area contributed by atoms with E-state index in [1.807, 2.05) is 36.0 Å². The van der Waals surface area contributed by atoms with E-state index in [9.17, 15) is 4.79 Å². The first-order valence-corrected chi connectivity index (χ1v) is 8.27. The molecule has 0 bridgehead atoms. The van der Waals surface area contributed by atoms with Crippen LogP contribution in [0.4, 0.5) is 5.69 Å². The van der Waals surface area contributed by atoms with Gasteiger partial charge in [-0.05, 0) is 30.7 Å². The smallest absolute Gasteiger partial charge is 0.225 e. The van der Waals surface area contributed by atoms with Crippen LogP contribution in [-0.2, 0) is 4.79 Å². The van der Waals surface area contributed by atoms with Crippen molar-refractivity contribution in [1.29, 1.82) is 0 Å². The van der Waals surface area contributed by atoms with Gasteiger partial charge in [0.2, 0.25) is 5.91 Å². The van der Waals surface area contributed by atoms with Crippen LogP contribution in [0.1, 0.15) is 19.8 Å². The van der Waals surface area contributed by atoms with Crippen LogP contribution in [-0.4, -0.2) is 36.6 Å². The number of anilines is 1. The predicted octanol–water partition coefficient (Wildman–Crippen LogP) is 2.93. The quantitative estimate of drug-likeness (QED) is 0.842. The van der Waals surface area contributed by atoms with Crippen LogP contribution < -0.4 is 15.4 Å². The lowest BCUT2D eigenvalue weighted by molar-refractivity contribution is -0.116. The zero-order chi connectivity index (χ0) is 14.2. The molecule has 1 unspecified atom stereocenters. The largest absolute Gasteiger partial charge is 0.494 e. The van der Waals surface area contributed by atoms with Crippen molar-refractivity contribution in [2.75, 3.05) is 30.0 Å². The van der Waals surface area contributed by atoms with Gasteiger partial charge in [-0.1, -0.05) is 6.92 Å². The van der Waals surface area contributed by atoms with Crippen LogP contribution in [0.3, 0.4) is 0 Å². The summed E-state index contributed by atoms with van der Waals surface area (Å²) in [5.74, 6) is 3.05. The number of amides is 1. The molecule has 118 valence electrons. The van der Waals surface area contributed by atoms with Crippen molar-refractivity contribution in [2.45, 2.75) is 25.8 Å². The Hall–Kier alpha value is -0.910. The lowest BCUT2D eigenvalue weighted by atomic mass is 10.2. The molecule has 0 spiro atoms. The summed E-state index contributed by atoms with van der Waals surface area (Å²) < 4.78 is 5.51. The van der Waals surface area contributed by atoms with Gasteiger partial charge in [0.15, 0.2) is 0 Å². The molecule has 0 radical (unpaired) electrons. The van der Waals surface area contributed by atoms with Gasteiger partial charge in [-0.25, -0.2) is 0 Å². The van der Waals surface area contributed by atoms with Crippen molar-refractivity contribution >= 4 is 35.8 Å². The average Bonchev–Trinajstić information content (AvgIpc) is 2.47. The SMILES string of the molecule is CCCOc1ccc(NC(=O)CC2CSCCN2)cc1.Cl. The second kappa shape index (κ2) is 9.92. The Labute approximate surface area is 136 Å². The van der Waals surface area contributed by atoms with Gasteiger partial charge in [0.1, 0.15) is 5.75 Å². The third-order valence-electron chi connectivity index (χ3n) is 3.04. The van der Waals surface area contributed by atoms with E-state index in [1.165, 1.54) is 0 Å². The van der Waals surface area contributed by atoms with Crippen LogP contribution >= 0.6 is 24.2 Å². The van der Waals surface area contributed by atoms with Gasteiger partial charge in [-0.15, -0.1) is 12.4 Å². The molecule has 1 amide bonds. The first-order valence-electron chi connectivity index (χ1n) is 7.12. The van der Waals surface area contributed by atoms with E-state index in [0.717, 1.165) is 42.5 Å². The molecule has 0 aromatic heterocycles. The standard InChI is InChI=1S/C15H22N2O2S.ClH/c1-2-8-19-14-5-3-12(4-6-14)17-15(18)10-13-11-20-9-7-16-13;/h3-6,13,16H,2,7-11H2,1H3,(H,17,18);1H.